The predicted molar refractivity (Wildman–Crippen MR) is 48.1 cm³/mol. The molecule has 0 N–H and O–H groups in total. The Balaban J connectivity index is 3.24. The maximum absolute atomic E-state index is 13.3. The van der Waals surface area contributed by atoms with Crippen molar-refractivity contribution in [1.29, 1.82) is 0 Å². The fourth-order valence-electron chi connectivity index (χ4n) is 0.876. The van der Waals surface area contributed by atoms with Gasteiger partial charge in [0.1, 0.15) is 0 Å². The van der Waals surface area contributed by atoms with E-state index in [1.807, 2.05) is 0 Å². The van der Waals surface area contributed by atoms with Gasteiger partial charge in [0.05, 0.1) is 10.6 Å². The first-order valence-corrected chi connectivity index (χ1v) is 4.05. The molecule has 0 radical (unpaired) electrons. The van der Waals surface area contributed by atoms with Crippen LogP contribution in [-0.2, 0) is 4.79 Å². The van der Waals surface area contributed by atoms with Crippen LogP contribution < -0.4 is 4.74 Å². The van der Waals surface area contributed by atoms with Crippen molar-refractivity contribution in [2.45, 2.75) is 6.92 Å². The summed E-state index contributed by atoms with van der Waals surface area (Å²) >= 11 is 5.57. The molecule has 0 bridgehead atoms. The van der Waals surface area contributed by atoms with Crippen LogP contribution in [0.25, 0.3) is 0 Å². The first-order valence-electron chi connectivity index (χ1n) is 3.68. The van der Waals surface area contributed by atoms with Crippen molar-refractivity contribution in [2.75, 3.05) is 0 Å². The number of rotatable bonds is 2. The smallest absolute Gasteiger partial charge is 0.308 e. The lowest BCUT2D eigenvalue weighted by Gasteiger charge is -2.05. The second-order valence-corrected chi connectivity index (χ2v) is 2.90. The van der Waals surface area contributed by atoms with E-state index >= 15 is 0 Å². The largest absolute Gasteiger partial charge is 0.422 e. The number of hydrogen-bond donors (Lipinski definition) is 0. The second kappa shape index (κ2) is 4.19. The standard InChI is InChI=1S/C9H6ClFO3/c1-5(13)14-9-7(10)3-2-6(4-12)8(9)11/h2-4H,1H3. The summed E-state index contributed by atoms with van der Waals surface area (Å²) in [7, 11) is 0. The lowest BCUT2D eigenvalue weighted by atomic mass is 10.2. The van der Waals surface area contributed by atoms with Crippen LogP contribution >= 0.6 is 11.6 Å². The van der Waals surface area contributed by atoms with E-state index in [0.717, 1.165) is 6.92 Å². The molecule has 1 rings (SSSR count). The zero-order chi connectivity index (χ0) is 10.7. The van der Waals surface area contributed by atoms with Gasteiger partial charge in [0, 0.05) is 6.92 Å². The number of aldehydes is 1. The third kappa shape index (κ3) is 2.09. The third-order valence-electron chi connectivity index (χ3n) is 1.45. The summed E-state index contributed by atoms with van der Waals surface area (Å²) in [6.45, 7) is 1.11. The zero-order valence-corrected chi connectivity index (χ0v) is 7.97. The van der Waals surface area contributed by atoms with Crippen molar-refractivity contribution in [3.63, 3.8) is 0 Å². The highest BCUT2D eigenvalue weighted by molar-refractivity contribution is 6.32. The molecule has 3 nitrogen and oxygen atoms in total. The van der Waals surface area contributed by atoms with Gasteiger partial charge in [-0.05, 0) is 12.1 Å². The molecule has 0 atom stereocenters. The van der Waals surface area contributed by atoms with Crippen molar-refractivity contribution >= 4 is 23.9 Å². The summed E-state index contributed by atoms with van der Waals surface area (Å²) in [6.07, 6.45) is 0.318. The van der Waals surface area contributed by atoms with Gasteiger partial charge in [-0.1, -0.05) is 11.6 Å². The molecule has 0 amide bonds. The molecule has 5 heteroatoms. The highest BCUT2D eigenvalue weighted by atomic mass is 35.5. The first kappa shape index (κ1) is 10.7. The molecule has 0 aliphatic carbocycles. The molecule has 1 aromatic rings. The van der Waals surface area contributed by atoms with Gasteiger partial charge in [-0.15, -0.1) is 0 Å². The number of carbonyl (C=O) groups excluding carboxylic acids is 2. The van der Waals surface area contributed by atoms with E-state index in [0.29, 0.717) is 6.29 Å². The van der Waals surface area contributed by atoms with Gasteiger partial charge < -0.3 is 4.74 Å². The van der Waals surface area contributed by atoms with Gasteiger partial charge in [-0.25, -0.2) is 4.39 Å². The monoisotopic (exact) mass is 216 g/mol. The molecular weight excluding hydrogens is 211 g/mol. The average molecular weight is 217 g/mol. The molecule has 14 heavy (non-hydrogen) atoms. The summed E-state index contributed by atoms with van der Waals surface area (Å²) in [5.41, 5.74) is -0.203. The minimum Gasteiger partial charge on any atom is -0.422 e. The molecule has 0 aliphatic heterocycles. The van der Waals surface area contributed by atoms with Crippen molar-refractivity contribution < 1.29 is 18.7 Å². The number of benzene rings is 1. The van der Waals surface area contributed by atoms with Gasteiger partial charge in [-0.2, -0.15) is 0 Å². The molecule has 74 valence electrons. The average Bonchev–Trinajstić information content (AvgIpc) is 2.12. The Labute approximate surface area is 84.4 Å². The summed E-state index contributed by atoms with van der Waals surface area (Å²) < 4.78 is 17.8. The number of ether oxygens (including phenoxy) is 1. The number of hydrogen-bond acceptors (Lipinski definition) is 3. The Kier molecular flexibility index (Phi) is 3.19. The maximum Gasteiger partial charge on any atom is 0.308 e. The van der Waals surface area contributed by atoms with Crippen molar-refractivity contribution in [2.24, 2.45) is 0 Å². The van der Waals surface area contributed by atoms with E-state index in [-0.39, 0.29) is 10.6 Å². The van der Waals surface area contributed by atoms with E-state index in [9.17, 15) is 14.0 Å². The fourth-order valence-corrected chi connectivity index (χ4v) is 1.06. The van der Waals surface area contributed by atoms with Crippen molar-refractivity contribution in [3.8, 4) is 5.75 Å². The van der Waals surface area contributed by atoms with Gasteiger partial charge in [-0.3, -0.25) is 9.59 Å². The number of halogens is 2. The van der Waals surface area contributed by atoms with Crippen LogP contribution in [0.4, 0.5) is 4.39 Å². The quantitative estimate of drug-likeness (QED) is 0.433. The van der Waals surface area contributed by atoms with Crippen LogP contribution in [0, 0.1) is 5.82 Å². The summed E-state index contributed by atoms with van der Waals surface area (Å²) in [5.74, 6) is -2.04. The Hall–Kier alpha value is -1.42. The van der Waals surface area contributed by atoms with E-state index in [1.54, 1.807) is 0 Å². The molecule has 0 aromatic heterocycles. The summed E-state index contributed by atoms with van der Waals surface area (Å²) in [6, 6.07) is 2.49. The highest BCUT2D eigenvalue weighted by Gasteiger charge is 2.14. The zero-order valence-electron chi connectivity index (χ0n) is 7.21. The van der Waals surface area contributed by atoms with Gasteiger partial charge in [0.2, 0.25) is 0 Å². The maximum atomic E-state index is 13.3. The second-order valence-electron chi connectivity index (χ2n) is 2.49. The molecule has 0 fully saturated rings. The van der Waals surface area contributed by atoms with Crippen LogP contribution in [0.5, 0.6) is 5.75 Å². The van der Waals surface area contributed by atoms with Gasteiger partial charge in [0.25, 0.3) is 0 Å². The Morgan fingerprint density at radius 3 is 2.71 bits per heavy atom. The molecule has 0 saturated heterocycles. The highest BCUT2D eigenvalue weighted by Crippen LogP contribution is 2.29. The SMILES string of the molecule is CC(=O)Oc1c(Cl)ccc(C=O)c1F. The van der Waals surface area contributed by atoms with Crippen LogP contribution in [0.1, 0.15) is 17.3 Å². The van der Waals surface area contributed by atoms with Crippen molar-refractivity contribution in [3.05, 3.63) is 28.5 Å². The van der Waals surface area contributed by atoms with Crippen LogP contribution in [0.3, 0.4) is 0 Å². The van der Waals surface area contributed by atoms with Crippen LogP contribution in [0.15, 0.2) is 12.1 Å². The van der Waals surface area contributed by atoms with E-state index in [1.165, 1.54) is 12.1 Å². The molecule has 0 spiro atoms. The summed E-state index contributed by atoms with van der Waals surface area (Å²) in [5, 5.41) is -0.0525. The minimum absolute atomic E-state index is 0.0525. The van der Waals surface area contributed by atoms with Crippen molar-refractivity contribution in [1.82, 2.24) is 0 Å². The molecule has 0 saturated carbocycles. The van der Waals surface area contributed by atoms with E-state index < -0.39 is 17.5 Å². The Morgan fingerprint density at radius 2 is 2.21 bits per heavy atom. The van der Waals surface area contributed by atoms with E-state index in [4.69, 9.17) is 11.6 Å². The topological polar surface area (TPSA) is 43.4 Å². The normalized spacial score (nSPS) is 9.64. The molecule has 0 heterocycles. The lowest BCUT2D eigenvalue weighted by Crippen LogP contribution is -2.05. The minimum atomic E-state index is -0.928. The molecule has 1 aromatic carbocycles. The van der Waals surface area contributed by atoms with Crippen LogP contribution in [-0.4, -0.2) is 12.3 Å². The number of esters is 1. The number of carbonyl (C=O) groups is 2. The Bertz CT molecular complexity index is 390. The predicted octanol–water partition coefficient (Wildman–Crippen LogP) is 2.22. The molecule has 0 unspecified atom stereocenters. The van der Waals surface area contributed by atoms with Gasteiger partial charge in [0.15, 0.2) is 17.9 Å². The fraction of sp³-hybridized carbons (Fsp3) is 0.111. The lowest BCUT2D eigenvalue weighted by molar-refractivity contribution is -0.132. The molecular formula is C9H6ClFO3. The first-order chi connectivity index (χ1) is 6.56. The molecule has 0 aliphatic rings. The summed E-state index contributed by atoms with van der Waals surface area (Å²) in [4.78, 5) is 20.9. The van der Waals surface area contributed by atoms with Crippen LogP contribution in [0.2, 0.25) is 5.02 Å². The van der Waals surface area contributed by atoms with Gasteiger partial charge >= 0.3 is 5.97 Å². The third-order valence-corrected chi connectivity index (χ3v) is 1.75. The van der Waals surface area contributed by atoms with E-state index in [2.05, 4.69) is 4.74 Å². The Morgan fingerprint density at radius 1 is 1.57 bits per heavy atom.